The number of rotatable bonds is 10. The summed E-state index contributed by atoms with van der Waals surface area (Å²) in [4.78, 5) is 0. The van der Waals surface area contributed by atoms with E-state index in [9.17, 15) is 0 Å². The van der Waals surface area contributed by atoms with E-state index in [1.54, 1.807) is 0 Å². The van der Waals surface area contributed by atoms with Crippen LogP contribution in [-0.2, 0) is 23.2 Å². The Kier molecular flexibility index (Phi) is 12.1. The minimum Gasteiger partial charge on any atom is -1.00 e. The molecule has 0 amide bonds. The second kappa shape index (κ2) is 16.4. The molecule has 2 aliphatic carbocycles. The fraction of sp³-hybridized carbons (Fsp3) is 0.250. The fourth-order valence-corrected chi connectivity index (χ4v) is 12.8. The number of hydrogen-bond acceptors (Lipinski definition) is 2. The molecule has 2 aliphatic rings. The van der Waals surface area contributed by atoms with Crippen molar-refractivity contribution in [1.29, 1.82) is 0 Å². The number of allylic oxidation sites excluding steroid dienone is 2. The normalized spacial score (nSPS) is 16.7. The van der Waals surface area contributed by atoms with Gasteiger partial charge >= 0.3 is 317 Å². The van der Waals surface area contributed by atoms with Gasteiger partial charge in [-0.3, -0.25) is 0 Å². The van der Waals surface area contributed by atoms with Gasteiger partial charge in [-0.15, -0.1) is 0 Å². The van der Waals surface area contributed by atoms with Crippen molar-refractivity contribution in [3.8, 4) is 22.3 Å². The van der Waals surface area contributed by atoms with Crippen molar-refractivity contribution in [1.82, 2.24) is 0 Å². The van der Waals surface area contributed by atoms with E-state index in [-0.39, 0.29) is 24.8 Å². The molecule has 53 heavy (non-hydrogen) atoms. The maximum atomic E-state index is 6.41. The van der Waals surface area contributed by atoms with Crippen LogP contribution < -0.4 is 24.8 Å². The molecule has 2 nitrogen and oxygen atoms in total. The third kappa shape index (κ3) is 7.43. The molecular formula is C48H46Cl2O2Zr. The van der Waals surface area contributed by atoms with E-state index in [2.05, 4.69) is 163 Å². The third-order valence-electron chi connectivity index (χ3n) is 11.3. The molecule has 0 spiro atoms. The van der Waals surface area contributed by atoms with Crippen LogP contribution in [0.5, 0.6) is 0 Å². The molecule has 4 unspecified atom stereocenters. The zero-order chi connectivity index (χ0) is 35.2. The van der Waals surface area contributed by atoms with Crippen molar-refractivity contribution >= 4 is 23.3 Å². The van der Waals surface area contributed by atoms with Gasteiger partial charge in [-0.1, -0.05) is 0 Å². The minimum absolute atomic E-state index is 0. The molecule has 0 saturated carbocycles. The number of benzene rings is 4. The maximum absolute atomic E-state index is 6.41. The summed E-state index contributed by atoms with van der Waals surface area (Å²) in [6.07, 6.45) is 7.18. The Hall–Kier alpha value is -3.62. The first-order valence-electron chi connectivity index (χ1n) is 18.6. The standard InChI is InChI=1S/2C24H23O.2ClH.Zr/c2*1-4-16(2)18-9-11-19(12-10-18)22-7-5-6-20-14-21(15-23(20)22)24-13-8-17(3)25-24;;;/h2*5-16H,4H2,1-3H3;2*1H;/q;;;;+2/p-2. The van der Waals surface area contributed by atoms with Gasteiger partial charge in [-0.2, -0.15) is 0 Å². The van der Waals surface area contributed by atoms with Crippen LogP contribution in [-0.4, -0.2) is 0 Å². The Morgan fingerprint density at radius 2 is 0.925 bits per heavy atom. The summed E-state index contributed by atoms with van der Waals surface area (Å²) in [5.74, 6) is 5.03. The molecular weight excluding hydrogens is 771 g/mol. The number of furan rings is 2. The summed E-state index contributed by atoms with van der Waals surface area (Å²) in [6, 6.07) is 41.0. The fourth-order valence-electron chi connectivity index (χ4n) is 7.89. The van der Waals surface area contributed by atoms with Gasteiger partial charge in [0, 0.05) is 0 Å². The van der Waals surface area contributed by atoms with Gasteiger partial charge in [0.1, 0.15) is 0 Å². The van der Waals surface area contributed by atoms with Crippen molar-refractivity contribution in [2.24, 2.45) is 0 Å². The predicted molar refractivity (Wildman–Crippen MR) is 209 cm³/mol. The van der Waals surface area contributed by atoms with E-state index in [0.717, 1.165) is 35.9 Å². The van der Waals surface area contributed by atoms with Crippen LogP contribution in [0, 0.1) is 13.8 Å². The van der Waals surface area contributed by atoms with E-state index in [1.807, 2.05) is 0 Å². The van der Waals surface area contributed by atoms with Crippen LogP contribution >= 0.6 is 0 Å². The van der Waals surface area contributed by atoms with E-state index in [1.165, 1.54) is 66.8 Å². The first-order chi connectivity index (χ1) is 24.8. The summed E-state index contributed by atoms with van der Waals surface area (Å²) in [7, 11) is 0. The van der Waals surface area contributed by atoms with E-state index >= 15 is 0 Å². The Balaban J connectivity index is 0.00000240. The zero-order valence-electron chi connectivity index (χ0n) is 31.3. The van der Waals surface area contributed by atoms with Gasteiger partial charge < -0.3 is 24.8 Å². The van der Waals surface area contributed by atoms with Crippen LogP contribution in [0.15, 0.2) is 118 Å². The van der Waals surface area contributed by atoms with Crippen LogP contribution in [0.2, 0.25) is 0 Å². The van der Waals surface area contributed by atoms with Gasteiger partial charge in [-0.25, -0.2) is 0 Å². The second-order valence-electron chi connectivity index (χ2n) is 14.5. The molecule has 8 rings (SSSR count). The van der Waals surface area contributed by atoms with Crippen molar-refractivity contribution < 1.29 is 56.9 Å². The predicted octanol–water partition coefficient (Wildman–Crippen LogP) is 7.83. The average molecular weight is 817 g/mol. The number of aryl methyl sites for hydroxylation is 2. The molecule has 4 aromatic carbocycles. The van der Waals surface area contributed by atoms with Crippen LogP contribution in [0.25, 0.3) is 45.6 Å². The molecule has 0 bridgehead atoms. The quantitative estimate of drug-likeness (QED) is 0.141. The minimum atomic E-state index is -1.31. The Bertz CT molecular complexity index is 2110. The second-order valence-corrected chi connectivity index (χ2v) is 18.2. The molecule has 0 fully saturated rings. The molecule has 0 saturated heterocycles. The summed E-state index contributed by atoms with van der Waals surface area (Å²) in [5.41, 5.74) is 16.2. The molecule has 5 heteroatoms. The van der Waals surface area contributed by atoms with Crippen molar-refractivity contribution in [3.05, 3.63) is 166 Å². The van der Waals surface area contributed by atoms with Crippen molar-refractivity contribution in [3.63, 3.8) is 0 Å². The molecule has 4 atom stereocenters. The van der Waals surface area contributed by atoms with Crippen LogP contribution in [0.3, 0.4) is 0 Å². The number of fused-ring (bicyclic) bond motifs is 2. The van der Waals surface area contributed by atoms with E-state index in [0.29, 0.717) is 19.1 Å². The molecule has 6 aromatic rings. The van der Waals surface area contributed by atoms with Gasteiger partial charge in [0.15, 0.2) is 0 Å². The van der Waals surface area contributed by atoms with Gasteiger partial charge in [-0.05, 0) is 0 Å². The van der Waals surface area contributed by atoms with Gasteiger partial charge in [0.05, 0.1) is 0 Å². The molecule has 0 N–H and O–H groups in total. The topological polar surface area (TPSA) is 26.3 Å². The molecule has 268 valence electrons. The third-order valence-corrected chi connectivity index (χ3v) is 16.0. The van der Waals surface area contributed by atoms with Gasteiger partial charge in [0.2, 0.25) is 0 Å². The molecule has 2 aromatic heterocycles. The van der Waals surface area contributed by atoms with Crippen LogP contribution in [0.4, 0.5) is 0 Å². The van der Waals surface area contributed by atoms with Crippen molar-refractivity contribution in [2.75, 3.05) is 0 Å². The summed E-state index contributed by atoms with van der Waals surface area (Å²) in [5, 5.41) is 0. The van der Waals surface area contributed by atoms with E-state index in [4.69, 9.17) is 8.83 Å². The first-order valence-corrected chi connectivity index (χ1v) is 21.5. The Morgan fingerprint density at radius 3 is 1.26 bits per heavy atom. The number of hydrogen-bond donors (Lipinski definition) is 0. The smallest absolute Gasteiger partial charge is 1.00 e. The van der Waals surface area contributed by atoms with Gasteiger partial charge in [0.25, 0.3) is 0 Å². The Labute approximate surface area is 339 Å². The summed E-state index contributed by atoms with van der Waals surface area (Å²) in [6.45, 7) is 13.3. The SMILES string of the molecule is CCC(C)c1ccc(-c2cccc3c2C=C(c2ccc(C)o2)[CH]3[Zr+2][CH]2C(c3ccc(C)o3)=Cc3c(-c4ccc(C(C)CC)cc4)cccc32)cc1.[Cl-].[Cl-]. The molecule has 0 radical (unpaired) electrons. The maximum Gasteiger partial charge on any atom is -1.00 e. The monoisotopic (exact) mass is 814 g/mol. The van der Waals surface area contributed by atoms with E-state index < -0.39 is 23.2 Å². The first kappa shape index (κ1) is 39.1. The van der Waals surface area contributed by atoms with Crippen molar-refractivity contribution in [2.45, 2.75) is 73.5 Å². The zero-order valence-corrected chi connectivity index (χ0v) is 35.3. The Morgan fingerprint density at radius 1 is 0.528 bits per heavy atom. The largest absolute Gasteiger partial charge is 1.00 e. The average Bonchev–Trinajstić information content (AvgIpc) is 3.96. The summed E-state index contributed by atoms with van der Waals surface area (Å²) >= 11 is -1.31. The molecule has 0 aliphatic heterocycles. The van der Waals surface area contributed by atoms with Crippen LogP contribution in [0.1, 0.15) is 116 Å². The molecule has 2 heterocycles. The summed E-state index contributed by atoms with van der Waals surface area (Å²) < 4.78 is 13.5. The number of halogens is 2.